The summed E-state index contributed by atoms with van der Waals surface area (Å²) in [6.45, 7) is 0. The third kappa shape index (κ3) is 7.09. The predicted octanol–water partition coefficient (Wildman–Crippen LogP) is 2.75. The molecule has 0 radical (unpaired) electrons. The molecule has 0 rings (SSSR count). The molecule has 0 aromatic heterocycles. The maximum Gasteiger partial charge on any atom is 0.137 e. The van der Waals surface area contributed by atoms with Gasteiger partial charge in [0.25, 0.3) is 0 Å². The van der Waals surface area contributed by atoms with Crippen LogP contribution in [-0.4, -0.2) is 9.67 Å². The molecular weight excluding hydrogens is 185 g/mol. The molecule has 0 saturated heterocycles. The Labute approximate surface area is 61.0 Å². The van der Waals surface area contributed by atoms with E-state index >= 15 is 0 Å². The lowest BCUT2D eigenvalue weighted by Gasteiger charge is -1.95. The van der Waals surface area contributed by atoms with E-state index in [4.69, 9.17) is 46.4 Å². The fourth-order valence-corrected chi connectivity index (χ4v) is 0. The molecule has 0 aromatic rings. The molecule has 0 spiro atoms. The van der Waals surface area contributed by atoms with Crippen LogP contribution in [0.15, 0.2) is 0 Å². The Morgan fingerprint density at radius 3 is 0.857 bits per heavy atom. The molecule has 0 aromatic carbocycles. The second-order valence-electron chi connectivity index (χ2n) is 0.669. The zero-order valence-corrected chi connectivity index (χ0v) is 6.10. The second-order valence-corrected chi connectivity index (χ2v) is 3.00. The number of halogens is 5. The Hall–Kier alpha value is 1.09. The fraction of sp³-hybridized carbons (Fsp3) is 1.00. The normalized spacial score (nSPS) is 9.43. The first kappa shape index (κ1) is 11.0. The topological polar surface area (TPSA) is 0 Å². The van der Waals surface area contributed by atoms with Crippen LogP contribution in [0.3, 0.4) is 0 Å². The van der Waals surface area contributed by atoms with Crippen LogP contribution in [0.1, 0.15) is 0 Å². The van der Waals surface area contributed by atoms with Crippen LogP contribution in [0.4, 0.5) is 4.70 Å². The molecule has 0 saturated carbocycles. The smallest absolute Gasteiger partial charge is 0.137 e. The molecule has 0 fully saturated rings. The monoisotopic (exact) mass is 186 g/mol. The molecule has 0 aliphatic heterocycles. The van der Waals surface area contributed by atoms with Crippen molar-refractivity contribution < 1.29 is 4.70 Å². The average Bonchev–Trinajstić information content (AvgIpc) is 1.36. The van der Waals surface area contributed by atoms with Crippen LogP contribution < -0.4 is 0 Å². The van der Waals surface area contributed by atoms with Gasteiger partial charge in [-0.2, -0.15) is 0 Å². The van der Waals surface area contributed by atoms with Crippen molar-refractivity contribution >= 4 is 46.4 Å². The quantitative estimate of drug-likeness (QED) is 0.554. The van der Waals surface area contributed by atoms with Crippen LogP contribution in [0.5, 0.6) is 0 Å². The molecule has 7 heavy (non-hydrogen) atoms. The van der Waals surface area contributed by atoms with Crippen LogP contribution in [0.2, 0.25) is 0 Å². The molecule has 0 amide bonds. The first-order valence-electron chi connectivity index (χ1n) is 1.21. The van der Waals surface area contributed by atoms with Gasteiger partial charge in [-0.25, -0.2) is 0 Å². The first-order chi connectivity index (χ1) is 2.64. The zero-order valence-electron chi connectivity index (χ0n) is 3.07. The van der Waals surface area contributed by atoms with Gasteiger partial charge in [0.1, 0.15) is 9.67 Å². The lowest BCUT2D eigenvalue weighted by molar-refractivity contribution is 1.11. The van der Waals surface area contributed by atoms with Gasteiger partial charge in [-0.3, -0.25) is 4.70 Å². The largest absolute Gasteiger partial charge is 0.269 e. The SMILES string of the molecule is ClC(Cl)C(Cl)Cl.F. The summed E-state index contributed by atoms with van der Waals surface area (Å²) in [7, 11) is 0. The number of alkyl halides is 4. The molecule has 0 N–H and O–H groups in total. The number of hydrogen-bond donors (Lipinski definition) is 0. The van der Waals surface area contributed by atoms with Gasteiger partial charge in [-0.05, 0) is 0 Å². The van der Waals surface area contributed by atoms with Crippen LogP contribution >= 0.6 is 46.4 Å². The van der Waals surface area contributed by atoms with Crippen molar-refractivity contribution in [3.05, 3.63) is 0 Å². The molecule has 0 heterocycles. The Balaban J connectivity index is 0. The zero-order chi connectivity index (χ0) is 5.15. The summed E-state index contributed by atoms with van der Waals surface area (Å²) in [6.07, 6.45) is 0. The molecule has 46 valence electrons. The third-order valence-corrected chi connectivity index (χ3v) is 1.71. The summed E-state index contributed by atoms with van der Waals surface area (Å²) in [4.78, 5) is -1.35. The Kier molecular flexibility index (Phi) is 8.19. The average molecular weight is 188 g/mol. The van der Waals surface area contributed by atoms with Gasteiger partial charge in [0.15, 0.2) is 0 Å². The standard InChI is InChI=1S/C2H2Cl4.FH/c3-1(4)2(5)6;/h1-2H;1H. The molecular formula is C2H3Cl4F. The maximum absolute atomic E-state index is 5.11. The minimum Gasteiger partial charge on any atom is -0.269 e. The van der Waals surface area contributed by atoms with Crippen molar-refractivity contribution in [1.29, 1.82) is 0 Å². The van der Waals surface area contributed by atoms with Gasteiger partial charge in [-0.15, -0.1) is 46.4 Å². The van der Waals surface area contributed by atoms with E-state index in [0.717, 1.165) is 0 Å². The molecule has 0 nitrogen and oxygen atoms in total. The van der Waals surface area contributed by atoms with Crippen molar-refractivity contribution in [3.63, 3.8) is 0 Å². The summed E-state index contributed by atoms with van der Waals surface area (Å²) < 4.78 is 0. The van der Waals surface area contributed by atoms with Crippen molar-refractivity contribution in [2.24, 2.45) is 0 Å². The van der Waals surface area contributed by atoms with E-state index in [1.807, 2.05) is 0 Å². The highest BCUT2D eigenvalue weighted by Gasteiger charge is 2.06. The van der Waals surface area contributed by atoms with Crippen molar-refractivity contribution in [2.75, 3.05) is 0 Å². The van der Waals surface area contributed by atoms with E-state index in [1.165, 1.54) is 0 Å². The summed E-state index contributed by atoms with van der Waals surface area (Å²) in [5, 5.41) is 0. The van der Waals surface area contributed by atoms with Crippen molar-refractivity contribution in [2.45, 2.75) is 9.67 Å². The summed E-state index contributed by atoms with van der Waals surface area (Å²) in [6, 6.07) is 0. The second kappa shape index (κ2) is 5.23. The molecule has 0 bridgehead atoms. The lowest BCUT2D eigenvalue weighted by Crippen LogP contribution is -1.96. The first-order valence-corrected chi connectivity index (χ1v) is 2.95. The van der Waals surface area contributed by atoms with Gasteiger partial charge in [0, 0.05) is 0 Å². The van der Waals surface area contributed by atoms with E-state index in [-0.39, 0.29) is 4.70 Å². The Morgan fingerprint density at radius 1 is 0.714 bits per heavy atom. The predicted molar refractivity (Wildman–Crippen MR) is 33.5 cm³/mol. The van der Waals surface area contributed by atoms with Crippen LogP contribution in [0, 0.1) is 0 Å². The molecule has 0 unspecified atom stereocenters. The highest BCUT2D eigenvalue weighted by molar-refractivity contribution is 6.56. The van der Waals surface area contributed by atoms with E-state index in [0.29, 0.717) is 0 Å². The highest BCUT2D eigenvalue weighted by atomic mass is 35.5. The van der Waals surface area contributed by atoms with Crippen LogP contribution in [0.25, 0.3) is 0 Å². The number of hydrogen-bond acceptors (Lipinski definition) is 0. The van der Waals surface area contributed by atoms with Gasteiger partial charge in [0.2, 0.25) is 0 Å². The van der Waals surface area contributed by atoms with Crippen molar-refractivity contribution in [1.82, 2.24) is 0 Å². The fourth-order valence-electron chi connectivity index (χ4n) is 0. The van der Waals surface area contributed by atoms with Gasteiger partial charge in [-0.1, -0.05) is 0 Å². The lowest BCUT2D eigenvalue weighted by atomic mass is 10.9. The summed E-state index contributed by atoms with van der Waals surface area (Å²) >= 11 is 20.5. The Bertz CT molecular complexity index is 30.7. The van der Waals surface area contributed by atoms with E-state index < -0.39 is 9.67 Å². The molecule has 0 aliphatic carbocycles. The Morgan fingerprint density at radius 2 is 0.857 bits per heavy atom. The summed E-state index contributed by atoms with van der Waals surface area (Å²) in [5.41, 5.74) is 0. The third-order valence-electron chi connectivity index (χ3n) is 0.190. The van der Waals surface area contributed by atoms with E-state index in [2.05, 4.69) is 0 Å². The molecule has 5 heteroatoms. The van der Waals surface area contributed by atoms with Gasteiger partial charge in [0.05, 0.1) is 0 Å². The molecule has 0 aliphatic rings. The molecule has 0 atom stereocenters. The van der Waals surface area contributed by atoms with E-state index in [9.17, 15) is 0 Å². The maximum atomic E-state index is 5.11. The summed E-state index contributed by atoms with van der Waals surface area (Å²) in [5.74, 6) is 0. The van der Waals surface area contributed by atoms with E-state index in [1.54, 1.807) is 0 Å². The van der Waals surface area contributed by atoms with Gasteiger partial charge < -0.3 is 0 Å². The minimum atomic E-state index is -0.673. The van der Waals surface area contributed by atoms with Gasteiger partial charge >= 0.3 is 0 Å². The van der Waals surface area contributed by atoms with Crippen LogP contribution in [-0.2, 0) is 0 Å². The number of rotatable bonds is 1. The van der Waals surface area contributed by atoms with Crippen molar-refractivity contribution in [3.8, 4) is 0 Å². The minimum absolute atomic E-state index is 0. The highest BCUT2D eigenvalue weighted by Crippen LogP contribution is 2.16.